The lowest BCUT2D eigenvalue weighted by molar-refractivity contribution is -0.119. The molecule has 0 bridgehead atoms. The number of hydrogen-bond acceptors (Lipinski definition) is 2. The van der Waals surface area contributed by atoms with E-state index in [2.05, 4.69) is 33.1 Å². The Labute approximate surface area is 100 Å². The molecule has 0 aliphatic carbocycles. The van der Waals surface area contributed by atoms with Crippen molar-refractivity contribution in [2.45, 2.75) is 28.1 Å². The van der Waals surface area contributed by atoms with Crippen LogP contribution in [0, 0.1) is 0 Å². The van der Waals surface area contributed by atoms with Crippen LogP contribution in [0.25, 0.3) is 0 Å². The van der Waals surface area contributed by atoms with Crippen molar-refractivity contribution in [3.63, 3.8) is 0 Å². The number of hydrazone groups is 1. The lowest BCUT2D eigenvalue weighted by Gasteiger charge is -2.07. The third-order valence-electron chi connectivity index (χ3n) is 0.908. The number of carbonyl (C=O) groups is 1. The van der Waals surface area contributed by atoms with Gasteiger partial charge in [0.1, 0.15) is 0 Å². The van der Waals surface area contributed by atoms with Crippen molar-refractivity contribution in [2.24, 2.45) is 5.10 Å². The van der Waals surface area contributed by atoms with Crippen molar-refractivity contribution in [1.29, 1.82) is 0 Å². The highest BCUT2D eigenvalue weighted by atomic mass is 127. The minimum Gasteiger partial charge on any atom is -0.272 e. The molecule has 0 spiro atoms. The molecule has 1 N–H and O–H groups in total. The average molecular weight is 394 g/mol. The van der Waals surface area contributed by atoms with Crippen LogP contribution < -0.4 is 5.43 Å². The number of nitrogens with one attached hydrogen (secondary N) is 1. The third kappa shape index (κ3) is 7.26. The predicted molar refractivity (Wildman–Crippen MR) is 68.2 cm³/mol. The number of rotatable bonds is 3. The van der Waals surface area contributed by atoms with Crippen molar-refractivity contribution in [3.05, 3.63) is 0 Å². The smallest absolute Gasteiger partial charge is 0.252 e. The molecule has 0 rings (SSSR count). The van der Waals surface area contributed by atoms with Crippen molar-refractivity contribution in [3.8, 4) is 0 Å². The van der Waals surface area contributed by atoms with Crippen LogP contribution in [0.2, 0.25) is 0 Å². The van der Waals surface area contributed by atoms with Gasteiger partial charge in [-0.3, -0.25) is 4.79 Å². The fraction of sp³-hybridized carbons (Fsp3) is 0.714. The fourth-order valence-electron chi connectivity index (χ4n) is 0.338. The van der Waals surface area contributed by atoms with Gasteiger partial charge in [0.2, 0.25) is 0 Å². The zero-order valence-corrected chi connectivity index (χ0v) is 11.6. The maximum Gasteiger partial charge on any atom is 0.252 e. The summed E-state index contributed by atoms with van der Waals surface area (Å²) in [5.74, 6) is -0.0625. The minimum atomic E-state index is -0.0625. The van der Waals surface area contributed by atoms with Gasteiger partial charge >= 0.3 is 0 Å². The molecule has 1 amide bonds. The quantitative estimate of drug-likeness (QED) is 0.339. The molecule has 1 atom stereocenters. The topological polar surface area (TPSA) is 41.5 Å². The highest BCUT2D eigenvalue weighted by Crippen LogP contribution is 2.12. The van der Waals surface area contributed by atoms with Crippen LogP contribution in [0.3, 0.4) is 0 Å². The molecule has 0 aliphatic heterocycles. The highest BCUT2D eigenvalue weighted by molar-refractivity contribution is 14.1. The lowest BCUT2D eigenvalue weighted by Crippen LogP contribution is -2.26. The highest BCUT2D eigenvalue weighted by Gasteiger charge is 2.09. The number of halogens is 2. The second-order valence-electron chi connectivity index (χ2n) is 2.91. The first kappa shape index (κ1) is 12.6. The minimum absolute atomic E-state index is 0.0143. The molecule has 1 unspecified atom stereocenters. The van der Waals surface area contributed by atoms with Crippen LogP contribution in [-0.2, 0) is 4.79 Å². The molecule has 0 fully saturated rings. The Hall–Kier alpha value is 0.600. The molecular formula is C7H12I2N2O. The summed E-state index contributed by atoms with van der Waals surface area (Å²) < 4.78 is -0.0587. The van der Waals surface area contributed by atoms with Crippen LogP contribution in [0.5, 0.6) is 0 Å². The second kappa shape index (κ2) is 5.36. The standard InChI is InChI=1S/C7H12I2N2O/c1-5(8)6(12)11-10-4-7(2,3)9/h4-5H,1-3H3,(H,11,12)/b10-4-. The van der Waals surface area contributed by atoms with E-state index in [-0.39, 0.29) is 13.3 Å². The fourth-order valence-corrected chi connectivity index (χ4v) is 0.617. The molecule has 0 radical (unpaired) electrons. The van der Waals surface area contributed by atoms with Gasteiger partial charge < -0.3 is 0 Å². The molecule has 0 heterocycles. The van der Waals surface area contributed by atoms with E-state index >= 15 is 0 Å². The lowest BCUT2D eigenvalue weighted by atomic mass is 10.2. The number of nitrogens with zero attached hydrogens (tertiary/aromatic N) is 1. The van der Waals surface area contributed by atoms with Gasteiger partial charge in [-0.15, -0.1) is 0 Å². The van der Waals surface area contributed by atoms with E-state index in [1.165, 1.54) is 0 Å². The van der Waals surface area contributed by atoms with Gasteiger partial charge in [0.25, 0.3) is 5.91 Å². The van der Waals surface area contributed by atoms with Crippen LogP contribution in [0.1, 0.15) is 20.8 Å². The van der Waals surface area contributed by atoms with E-state index in [9.17, 15) is 4.79 Å². The van der Waals surface area contributed by atoms with E-state index in [0.717, 1.165) is 0 Å². The molecule has 70 valence electrons. The maximum atomic E-state index is 11.0. The van der Waals surface area contributed by atoms with E-state index in [4.69, 9.17) is 0 Å². The summed E-state index contributed by atoms with van der Waals surface area (Å²) in [6.07, 6.45) is 1.71. The van der Waals surface area contributed by atoms with Crippen LogP contribution in [0.15, 0.2) is 5.10 Å². The Bertz CT molecular complexity index is 184. The average Bonchev–Trinajstić information content (AvgIpc) is 1.84. The molecule has 3 nitrogen and oxygen atoms in total. The summed E-state index contributed by atoms with van der Waals surface area (Å²) in [6, 6.07) is 0. The molecule has 5 heteroatoms. The Kier molecular flexibility index (Phi) is 5.62. The first-order valence-corrected chi connectivity index (χ1v) is 5.82. The summed E-state index contributed by atoms with van der Waals surface area (Å²) in [4.78, 5) is 11.0. The Balaban J connectivity index is 3.84. The summed E-state index contributed by atoms with van der Waals surface area (Å²) >= 11 is 4.28. The number of alkyl halides is 2. The zero-order chi connectivity index (χ0) is 9.78. The summed E-state index contributed by atoms with van der Waals surface area (Å²) in [5, 5.41) is 3.83. The normalized spacial score (nSPS) is 14.8. The summed E-state index contributed by atoms with van der Waals surface area (Å²) in [6.45, 7) is 5.84. The van der Waals surface area contributed by atoms with Crippen molar-refractivity contribution < 1.29 is 4.79 Å². The molecule has 0 aromatic heterocycles. The molecule has 12 heavy (non-hydrogen) atoms. The molecule has 0 aliphatic rings. The molecule has 0 aromatic rings. The molecular weight excluding hydrogens is 382 g/mol. The Morgan fingerprint density at radius 3 is 2.50 bits per heavy atom. The molecule has 0 saturated carbocycles. The van der Waals surface area contributed by atoms with Gasteiger partial charge in [-0.2, -0.15) is 5.10 Å². The number of carbonyl (C=O) groups excluding carboxylic acids is 1. The third-order valence-corrected chi connectivity index (χ3v) is 1.75. The monoisotopic (exact) mass is 394 g/mol. The van der Waals surface area contributed by atoms with Crippen LogP contribution in [-0.4, -0.2) is 19.5 Å². The zero-order valence-electron chi connectivity index (χ0n) is 7.27. The SMILES string of the molecule is CC(I)C(=O)N/N=C\C(C)(C)I. The second-order valence-corrected chi connectivity index (χ2v) is 7.56. The Morgan fingerprint density at radius 1 is 1.67 bits per heavy atom. The van der Waals surface area contributed by atoms with Gasteiger partial charge in [-0.05, 0) is 20.8 Å². The largest absolute Gasteiger partial charge is 0.272 e. The van der Waals surface area contributed by atoms with Gasteiger partial charge in [0, 0.05) is 6.21 Å². The number of amides is 1. The van der Waals surface area contributed by atoms with Gasteiger partial charge in [-0.25, -0.2) is 5.43 Å². The molecule has 0 aromatic carbocycles. The Morgan fingerprint density at radius 2 is 2.17 bits per heavy atom. The van der Waals surface area contributed by atoms with E-state index in [1.807, 2.05) is 43.4 Å². The first-order valence-electron chi connectivity index (χ1n) is 3.50. The van der Waals surface area contributed by atoms with Gasteiger partial charge in [0.05, 0.1) is 7.35 Å². The van der Waals surface area contributed by atoms with Crippen LogP contribution in [0.4, 0.5) is 0 Å². The van der Waals surface area contributed by atoms with E-state index < -0.39 is 0 Å². The van der Waals surface area contributed by atoms with Crippen LogP contribution >= 0.6 is 45.2 Å². The van der Waals surface area contributed by atoms with Crippen molar-refractivity contribution in [2.75, 3.05) is 0 Å². The van der Waals surface area contributed by atoms with Crippen molar-refractivity contribution in [1.82, 2.24) is 5.43 Å². The summed E-state index contributed by atoms with van der Waals surface area (Å²) in [5.41, 5.74) is 2.46. The number of hydrogen-bond donors (Lipinski definition) is 1. The van der Waals surface area contributed by atoms with Crippen molar-refractivity contribution >= 4 is 57.3 Å². The summed E-state index contributed by atoms with van der Waals surface area (Å²) in [7, 11) is 0. The van der Waals surface area contributed by atoms with Gasteiger partial charge in [0.15, 0.2) is 0 Å². The first-order chi connectivity index (χ1) is 5.33. The van der Waals surface area contributed by atoms with E-state index in [1.54, 1.807) is 6.21 Å². The maximum absolute atomic E-state index is 11.0. The predicted octanol–water partition coefficient (Wildman–Crippen LogP) is 2.13. The van der Waals surface area contributed by atoms with E-state index in [0.29, 0.717) is 0 Å². The van der Waals surface area contributed by atoms with Gasteiger partial charge in [-0.1, -0.05) is 45.2 Å². The molecule has 0 saturated heterocycles.